The Morgan fingerprint density at radius 3 is 1.94 bits per heavy atom. The highest BCUT2D eigenvalue weighted by Gasteiger charge is 1.98. The van der Waals surface area contributed by atoms with E-state index in [1.54, 1.807) is 0 Å². The first-order valence-electron chi connectivity index (χ1n) is 6.04. The monoisotopic (exact) mass is 253 g/mol. The van der Waals surface area contributed by atoms with Crippen molar-refractivity contribution in [2.24, 2.45) is 0 Å². The van der Waals surface area contributed by atoms with Crippen molar-refractivity contribution in [1.29, 1.82) is 5.26 Å². The third-order valence-electron chi connectivity index (χ3n) is 2.92. The standard InChI is InChI=1S/C16H15NS/c17-12-14-5-9-16(10-6-14)15-7-3-13(4-8-15)2-1-11-18/h3-10,18H,1-2,11H2. The minimum absolute atomic E-state index is 0.698. The van der Waals surface area contributed by atoms with Crippen LogP contribution in [0.5, 0.6) is 0 Å². The molecule has 0 atom stereocenters. The molecule has 0 aliphatic carbocycles. The molecule has 1 nitrogen and oxygen atoms in total. The van der Waals surface area contributed by atoms with Crippen LogP contribution in [-0.4, -0.2) is 5.75 Å². The number of nitriles is 1. The van der Waals surface area contributed by atoms with E-state index in [0.717, 1.165) is 24.2 Å². The van der Waals surface area contributed by atoms with Gasteiger partial charge in [-0.25, -0.2) is 0 Å². The predicted octanol–water partition coefficient (Wildman–Crippen LogP) is 4.09. The van der Waals surface area contributed by atoms with Crippen LogP contribution in [0.25, 0.3) is 11.1 Å². The third kappa shape index (κ3) is 3.15. The van der Waals surface area contributed by atoms with Crippen molar-refractivity contribution in [3.63, 3.8) is 0 Å². The normalized spacial score (nSPS) is 10.0. The van der Waals surface area contributed by atoms with Gasteiger partial charge in [0.25, 0.3) is 0 Å². The molecule has 0 bridgehead atoms. The molecule has 0 fully saturated rings. The van der Waals surface area contributed by atoms with Gasteiger partial charge in [0.05, 0.1) is 11.6 Å². The molecular formula is C16H15NS. The van der Waals surface area contributed by atoms with E-state index in [1.807, 2.05) is 24.3 Å². The Hall–Kier alpha value is -1.72. The highest BCUT2D eigenvalue weighted by atomic mass is 32.1. The lowest BCUT2D eigenvalue weighted by Gasteiger charge is -2.04. The molecular weight excluding hydrogens is 238 g/mol. The molecule has 0 N–H and O–H groups in total. The molecule has 0 saturated carbocycles. The molecule has 0 heterocycles. The second kappa shape index (κ2) is 6.28. The molecule has 0 spiro atoms. The first kappa shape index (κ1) is 12.7. The van der Waals surface area contributed by atoms with Gasteiger partial charge in [0.1, 0.15) is 0 Å². The summed E-state index contributed by atoms with van der Waals surface area (Å²) in [4.78, 5) is 0. The zero-order valence-corrected chi connectivity index (χ0v) is 11.0. The highest BCUT2D eigenvalue weighted by Crippen LogP contribution is 2.20. The van der Waals surface area contributed by atoms with Gasteiger partial charge in [-0.2, -0.15) is 17.9 Å². The quantitative estimate of drug-likeness (QED) is 0.815. The van der Waals surface area contributed by atoms with E-state index < -0.39 is 0 Å². The van der Waals surface area contributed by atoms with Crippen LogP contribution in [0, 0.1) is 11.3 Å². The van der Waals surface area contributed by atoms with Crippen LogP contribution >= 0.6 is 12.6 Å². The van der Waals surface area contributed by atoms with Crippen molar-refractivity contribution in [2.75, 3.05) is 5.75 Å². The van der Waals surface area contributed by atoms with Crippen molar-refractivity contribution in [3.8, 4) is 17.2 Å². The fourth-order valence-corrected chi connectivity index (χ4v) is 2.04. The summed E-state index contributed by atoms with van der Waals surface area (Å²) in [5, 5.41) is 8.76. The van der Waals surface area contributed by atoms with Gasteiger partial charge in [0.15, 0.2) is 0 Å². The Balaban J connectivity index is 2.15. The maximum atomic E-state index is 8.76. The molecule has 0 radical (unpaired) electrons. The van der Waals surface area contributed by atoms with Crippen LogP contribution in [0.1, 0.15) is 17.5 Å². The number of hydrogen-bond acceptors (Lipinski definition) is 2. The van der Waals surface area contributed by atoms with Crippen LogP contribution in [0.3, 0.4) is 0 Å². The summed E-state index contributed by atoms with van der Waals surface area (Å²) < 4.78 is 0. The van der Waals surface area contributed by atoms with Gasteiger partial charge in [-0.1, -0.05) is 36.4 Å². The number of hydrogen-bond donors (Lipinski definition) is 1. The van der Waals surface area contributed by atoms with Gasteiger partial charge in [-0.3, -0.25) is 0 Å². The first-order valence-corrected chi connectivity index (χ1v) is 6.67. The van der Waals surface area contributed by atoms with E-state index in [1.165, 1.54) is 11.1 Å². The van der Waals surface area contributed by atoms with Gasteiger partial charge in [0, 0.05) is 0 Å². The van der Waals surface area contributed by atoms with Crippen LogP contribution in [-0.2, 0) is 6.42 Å². The largest absolute Gasteiger partial charge is 0.192 e. The SMILES string of the molecule is N#Cc1ccc(-c2ccc(CCCS)cc2)cc1. The molecule has 90 valence electrons. The minimum Gasteiger partial charge on any atom is -0.192 e. The molecule has 2 aromatic carbocycles. The van der Waals surface area contributed by atoms with Crippen LogP contribution in [0.2, 0.25) is 0 Å². The lowest BCUT2D eigenvalue weighted by molar-refractivity contribution is 0.936. The second-order valence-corrected chi connectivity index (χ2v) is 4.66. The molecule has 0 aliphatic heterocycles. The van der Waals surface area contributed by atoms with Crippen LogP contribution in [0.15, 0.2) is 48.5 Å². The fourth-order valence-electron chi connectivity index (χ4n) is 1.88. The molecule has 2 aromatic rings. The molecule has 18 heavy (non-hydrogen) atoms. The Kier molecular flexibility index (Phi) is 4.44. The zero-order chi connectivity index (χ0) is 12.8. The summed E-state index contributed by atoms with van der Waals surface area (Å²) >= 11 is 4.22. The van der Waals surface area contributed by atoms with Crippen molar-refractivity contribution in [2.45, 2.75) is 12.8 Å². The van der Waals surface area contributed by atoms with E-state index in [2.05, 4.69) is 43.0 Å². The van der Waals surface area contributed by atoms with E-state index in [0.29, 0.717) is 5.56 Å². The number of aryl methyl sites for hydroxylation is 1. The lowest BCUT2D eigenvalue weighted by atomic mass is 10.0. The Bertz CT molecular complexity index is 535. The summed E-state index contributed by atoms with van der Waals surface area (Å²) in [5.74, 6) is 0.928. The van der Waals surface area contributed by atoms with E-state index in [-0.39, 0.29) is 0 Å². The topological polar surface area (TPSA) is 23.8 Å². The first-order chi connectivity index (χ1) is 8.83. The zero-order valence-electron chi connectivity index (χ0n) is 10.1. The highest BCUT2D eigenvalue weighted by molar-refractivity contribution is 7.80. The van der Waals surface area contributed by atoms with Crippen LogP contribution < -0.4 is 0 Å². The molecule has 0 aliphatic rings. The van der Waals surface area contributed by atoms with E-state index >= 15 is 0 Å². The summed E-state index contributed by atoms with van der Waals surface area (Å²) in [7, 11) is 0. The maximum Gasteiger partial charge on any atom is 0.0991 e. The van der Waals surface area contributed by atoms with Crippen molar-refractivity contribution in [1.82, 2.24) is 0 Å². The summed E-state index contributed by atoms with van der Waals surface area (Å²) in [6, 6.07) is 18.4. The number of benzene rings is 2. The van der Waals surface area contributed by atoms with Crippen molar-refractivity contribution < 1.29 is 0 Å². The number of nitrogens with zero attached hydrogens (tertiary/aromatic N) is 1. The van der Waals surface area contributed by atoms with E-state index in [4.69, 9.17) is 5.26 Å². The number of rotatable bonds is 4. The average molecular weight is 253 g/mol. The molecule has 2 rings (SSSR count). The minimum atomic E-state index is 0.698. The van der Waals surface area contributed by atoms with E-state index in [9.17, 15) is 0 Å². The Morgan fingerprint density at radius 2 is 1.44 bits per heavy atom. The maximum absolute atomic E-state index is 8.76. The van der Waals surface area contributed by atoms with Gasteiger partial charge >= 0.3 is 0 Å². The second-order valence-electron chi connectivity index (χ2n) is 4.21. The van der Waals surface area contributed by atoms with Gasteiger partial charge in [-0.05, 0) is 47.4 Å². The summed E-state index contributed by atoms with van der Waals surface area (Å²) in [6.07, 6.45) is 2.19. The lowest BCUT2D eigenvalue weighted by Crippen LogP contribution is -1.86. The molecule has 0 unspecified atom stereocenters. The van der Waals surface area contributed by atoms with Crippen molar-refractivity contribution in [3.05, 3.63) is 59.7 Å². The van der Waals surface area contributed by atoms with Crippen molar-refractivity contribution >= 4 is 12.6 Å². The number of thiol groups is 1. The third-order valence-corrected chi connectivity index (χ3v) is 3.24. The smallest absolute Gasteiger partial charge is 0.0991 e. The predicted molar refractivity (Wildman–Crippen MR) is 78.8 cm³/mol. The summed E-state index contributed by atoms with van der Waals surface area (Å²) in [5.41, 5.74) is 4.38. The molecule has 0 saturated heterocycles. The van der Waals surface area contributed by atoms with Gasteiger partial charge in [-0.15, -0.1) is 0 Å². The fraction of sp³-hybridized carbons (Fsp3) is 0.188. The molecule has 2 heteroatoms. The Labute approximate surface area is 113 Å². The molecule has 0 amide bonds. The molecule has 0 aromatic heterocycles. The van der Waals surface area contributed by atoms with Crippen LogP contribution in [0.4, 0.5) is 0 Å². The Morgan fingerprint density at radius 1 is 0.889 bits per heavy atom. The average Bonchev–Trinajstić information content (AvgIpc) is 2.46. The van der Waals surface area contributed by atoms with Gasteiger partial charge in [0.2, 0.25) is 0 Å². The van der Waals surface area contributed by atoms with Gasteiger partial charge < -0.3 is 0 Å². The summed E-state index contributed by atoms with van der Waals surface area (Å²) in [6.45, 7) is 0.